The number of fused-ring (bicyclic) bond motifs is 1. The van der Waals surface area contributed by atoms with Crippen molar-refractivity contribution in [3.8, 4) is 11.1 Å². The highest BCUT2D eigenvalue weighted by Gasteiger charge is 2.10. The number of rotatable bonds is 1. The van der Waals surface area contributed by atoms with Crippen molar-refractivity contribution in [2.75, 3.05) is 0 Å². The van der Waals surface area contributed by atoms with Crippen molar-refractivity contribution < 1.29 is 4.85 Å². The molecular formula is C14H9ClN2O. The van der Waals surface area contributed by atoms with Crippen molar-refractivity contribution in [2.24, 2.45) is 0 Å². The highest BCUT2D eigenvalue weighted by Crippen LogP contribution is 2.27. The van der Waals surface area contributed by atoms with Crippen LogP contribution in [0.1, 0.15) is 0 Å². The number of hydrogen-bond donors (Lipinski definition) is 0. The van der Waals surface area contributed by atoms with Crippen molar-refractivity contribution in [1.29, 1.82) is 0 Å². The summed E-state index contributed by atoms with van der Waals surface area (Å²) in [7, 11) is 0. The minimum absolute atomic E-state index is 0.582. The summed E-state index contributed by atoms with van der Waals surface area (Å²) in [5, 5.41) is 16.9. The Balaban J connectivity index is 2.37. The van der Waals surface area contributed by atoms with E-state index in [9.17, 15) is 5.21 Å². The molecule has 0 atom stereocenters. The van der Waals surface area contributed by atoms with Crippen LogP contribution in [0.2, 0.25) is 5.02 Å². The lowest BCUT2D eigenvalue weighted by Gasteiger charge is -2.05. The Labute approximate surface area is 109 Å². The zero-order chi connectivity index (χ0) is 12.5. The van der Waals surface area contributed by atoms with E-state index >= 15 is 0 Å². The molecule has 0 aliphatic rings. The van der Waals surface area contributed by atoms with E-state index in [1.165, 1.54) is 6.20 Å². The van der Waals surface area contributed by atoms with Crippen LogP contribution in [0.25, 0.3) is 22.0 Å². The van der Waals surface area contributed by atoms with Crippen LogP contribution in [0.15, 0.2) is 54.7 Å². The van der Waals surface area contributed by atoms with E-state index in [1.807, 2.05) is 36.4 Å². The average Bonchev–Trinajstić information content (AvgIpc) is 2.39. The molecule has 0 aliphatic heterocycles. The molecule has 4 heteroatoms. The number of aromatic nitrogens is 2. The van der Waals surface area contributed by atoms with E-state index in [4.69, 9.17) is 11.6 Å². The van der Waals surface area contributed by atoms with Gasteiger partial charge in [0.25, 0.3) is 0 Å². The SMILES string of the molecule is [O-][n+]1cc(-c2ccccc2)c2cc(Cl)ccc2n1. The molecule has 0 bridgehead atoms. The van der Waals surface area contributed by atoms with Crippen molar-refractivity contribution in [2.45, 2.75) is 0 Å². The molecule has 0 aliphatic carbocycles. The second-order valence-electron chi connectivity index (χ2n) is 3.97. The molecule has 1 heterocycles. The molecule has 0 fully saturated rings. The Kier molecular flexibility index (Phi) is 2.61. The molecular weight excluding hydrogens is 248 g/mol. The minimum atomic E-state index is 0.582. The molecule has 0 saturated carbocycles. The quantitative estimate of drug-likeness (QED) is 0.496. The first kappa shape index (κ1) is 11.0. The fraction of sp³-hybridized carbons (Fsp3) is 0. The molecule has 0 amide bonds. The van der Waals surface area contributed by atoms with Gasteiger partial charge in [0.2, 0.25) is 6.20 Å². The molecule has 3 nitrogen and oxygen atoms in total. The molecule has 18 heavy (non-hydrogen) atoms. The van der Waals surface area contributed by atoms with E-state index in [2.05, 4.69) is 5.10 Å². The smallest absolute Gasteiger partial charge is 0.218 e. The first-order valence-electron chi connectivity index (χ1n) is 5.49. The van der Waals surface area contributed by atoms with Gasteiger partial charge < -0.3 is 5.21 Å². The van der Waals surface area contributed by atoms with Crippen LogP contribution >= 0.6 is 11.6 Å². The summed E-state index contributed by atoms with van der Waals surface area (Å²) < 4.78 is 0. The molecule has 3 aromatic rings. The van der Waals surface area contributed by atoms with Gasteiger partial charge in [-0.05, 0) is 23.8 Å². The molecule has 0 unspecified atom stereocenters. The normalized spacial score (nSPS) is 10.7. The van der Waals surface area contributed by atoms with Gasteiger partial charge in [-0.15, -0.1) is 0 Å². The molecule has 1 aromatic heterocycles. The fourth-order valence-corrected chi connectivity index (χ4v) is 2.15. The summed E-state index contributed by atoms with van der Waals surface area (Å²) in [5.74, 6) is 0. The summed E-state index contributed by atoms with van der Waals surface area (Å²) in [4.78, 5) is 0.582. The molecule has 0 saturated heterocycles. The van der Waals surface area contributed by atoms with E-state index in [0.717, 1.165) is 16.5 Å². The maximum Gasteiger partial charge on any atom is 0.218 e. The Morgan fingerprint density at radius 3 is 2.61 bits per heavy atom. The van der Waals surface area contributed by atoms with Crippen LogP contribution in [0.5, 0.6) is 0 Å². The van der Waals surface area contributed by atoms with Crippen molar-refractivity contribution in [3.05, 3.63) is 65.0 Å². The zero-order valence-corrected chi connectivity index (χ0v) is 10.1. The first-order chi connectivity index (χ1) is 8.74. The lowest BCUT2D eigenvalue weighted by atomic mass is 10.0. The van der Waals surface area contributed by atoms with Crippen LogP contribution in [-0.2, 0) is 0 Å². The van der Waals surface area contributed by atoms with Crippen LogP contribution in [0, 0.1) is 5.21 Å². The number of halogens is 1. The van der Waals surface area contributed by atoms with E-state index in [1.54, 1.807) is 12.1 Å². The van der Waals surface area contributed by atoms with Gasteiger partial charge >= 0.3 is 0 Å². The number of benzene rings is 2. The number of nitrogens with zero attached hydrogens (tertiary/aromatic N) is 2. The molecule has 0 N–H and O–H groups in total. The van der Waals surface area contributed by atoms with Gasteiger partial charge in [-0.2, -0.15) is 0 Å². The van der Waals surface area contributed by atoms with Gasteiger partial charge in [0, 0.05) is 15.5 Å². The topological polar surface area (TPSA) is 39.8 Å². The van der Waals surface area contributed by atoms with Gasteiger partial charge in [0.15, 0.2) is 0 Å². The van der Waals surface area contributed by atoms with Gasteiger partial charge in [-0.1, -0.05) is 46.8 Å². The summed E-state index contributed by atoms with van der Waals surface area (Å²) in [6.45, 7) is 0. The van der Waals surface area contributed by atoms with Crippen LogP contribution in [0.3, 0.4) is 0 Å². The second kappa shape index (κ2) is 4.27. The lowest BCUT2D eigenvalue weighted by molar-refractivity contribution is -0.666. The summed E-state index contributed by atoms with van der Waals surface area (Å²) in [6, 6.07) is 15.0. The van der Waals surface area contributed by atoms with E-state index < -0.39 is 0 Å². The molecule has 0 spiro atoms. The third kappa shape index (κ3) is 1.89. The third-order valence-corrected chi connectivity index (χ3v) is 3.01. The predicted molar refractivity (Wildman–Crippen MR) is 71.1 cm³/mol. The predicted octanol–water partition coefficient (Wildman–Crippen LogP) is 3.19. The molecule has 0 radical (unpaired) electrons. The third-order valence-electron chi connectivity index (χ3n) is 2.78. The summed E-state index contributed by atoms with van der Waals surface area (Å²) in [6.07, 6.45) is 1.47. The highest BCUT2D eigenvalue weighted by molar-refractivity contribution is 6.31. The summed E-state index contributed by atoms with van der Waals surface area (Å²) in [5.41, 5.74) is 2.44. The van der Waals surface area contributed by atoms with Gasteiger partial charge in [0.1, 0.15) is 5.52 Å². The Hall–Kier alpha value is -2.13. The Bertz CT molecular complexity index is 714. The molecule has 88 valence electrons. The lowest BCUT2D eigenvalue weighted by Crippen LogP contribution is -2.30. The maximum atomic E-state index is 11.5. The van der Waals surface area contributed by atoms with Crippen LogP contribution in [0.4, 0.5) is 0 Å². The van der Waals surface area contributed by atoms with Crippen molar-refractivity contribution >= 4 is 22.5 Å². The van der Waals surface area contributed by atoms with Crippen molar-refractivity contribution in [1.82, 2.24) is 5.10 Å². The first-order valence-corrected chi connectivity index (χ1v) is 5.87. The highest BCUT2D eigenvalue weighted by atomic mass is 35.5. The average molecular weight is 257 g/mol. The standard InChI is InChI=1S/C14H9ClN2O/c15-11-6-7-14-12(8-11)13(9-17(18)16-14)10-4-2-1-3-5-10/h1-9H. The van der Waals surface area contributed by atoms with Crippen LogP contribution < -0.4 is 4.85 Å². The Morgan fingerprint density at radius 1 is 1.06 bits per heavy atom. The monoisotopic (exact) mass is 256 g/mol. The van der Waals surface area contributed by atoms with E-state index in [0.29, 0.717) is 15.4 Å². The maximum absolute atomic E-state index is 11.5. The van der Waals surface area contributed by atoms with Gasteiger partial charge in [-0.25, -0.2) is 0 Å². The minimum Gasteiger partial charge on any atom is -0.594 e. The molecule has 2 aromatic carbocycles. The zero-order valence-electron chi connectivity index (χ0n) is 9.38. The Morgan fingerprint density at radius 2 is 1.83 bits per heavy atom. The fourth-order valence-electron chi connectivity index (χ4n) is 1.97. The van der Waals surface area contributed by atoms with Gasteiger partial charge in [-0.3, -0.25) is 0 Å². The van der Waals surface area contributed by atoms with Crippen LogP contribution in [-0.4, -0.2) is 5.10 Å². The number of hydrogen-bond acceptors (Lipinski definition) is 2. The second-order valence-corrected chi connectivity index (χ2v) is 4.41. The van der Waals surface area contributed by atoms with Gasteiger partial charge in [0.05, 0.1) is 5.56 Å². The summed E-state index contributed by atoms with van der Waals surface area (Å²) >= 11 is 6.01. The van der Waals surface area contributed by atoms with E-state index in [-0.39, 0.29) is 0 Å². The largest absolute Gasteiger partial charge is 0.594 e. The van der Waals surface area contributed by atoms with Crippen molar-refractivity contribution in [3.63, 3.8) is 0 Å². The molecule has 3 rings (SSSR count).